The molecule has 130 valence electrons. The average molecular weight is 344 g/mol. The van der Waals surface area contributed by atoms with Crippen molar-refractivity contribution >= 4 is 22.6 Å². The van der Waals surface area contributed by atoms with Crippen molar-refractivity contribution in [1.82, 2.24) is 5.32 Å². The predicted molar refractivity (Wildman–Crippen MR) is 102 cm³/mol. The van der Waals surface area contributed by atoms with Crippen molar-refractivity contribution in [1.29, 1.82) is 0 Å². The van der Waals surface area contributed by atoms with Crippen LogP contribution in [0.15, 0.2) is 66.7 Å². The minimum atomic E-state index is -0.462. The van der Waals surface area contributed by atoms with E-state index in [1.807, 2.05) is 18.2 Å². The number of amides is 2. The molecule has 0 heterocycles. The van der Waals surface area contributed by atoms with Crippen LogP contribution in [0.2, 0.25) is 0 Å². The summed E-state index contributed by atoms with van der Waals surface area (Å²) in [5, 5.41) is 5.42. The van der Waals surface area contributed by atoms with Crippen LogP contribution in [0.3, 0.4) is 0 Å². The molecule has 1 aliphatic carbocycles. The number of primary amides is 1. The lowest BCUT2D eigenvalue weighted by atomic mass is 10.00. The van der Waals surface area contributed by atoms with Crippen LogP contribution in [0.4, 0.5) is 0 Å². The van der Waals surface area contributed by atoms with Crippen molar-refractivity contribution in [3.63, 3.8) is 0 Å². The summed E-state index contributed by atoms with van der Waals surface area (Å²) in [7, 11) is 0. The lowest BCUT2D eigenvalue weighted by Crippen LogP contribution is -2.25. The Kier molecular flexibility index (Phi) is 4.17. The van der Waals surface area contributed by atoms with Crippen LogP contribution in [-0.2, 0) is 11.3 Å². The molecule has 0 saturated heterocycles. The molecule has 3 aromatic carbocycles. The van der Waals surface area contributed by atoms with Gasteiger partial charge in [0, 0.05) is 18.0 Å². The Morgan fingerprint density at radius 1 is 1.00 bits per heavy atom. The molecule has 1 aliphatic rings. The minimum Gasteiger partial charge on any atom is -0.366 e. The monoisotopic (exact) mass is 344 g/mol. The van der Waals surface area contributed by atoms with Crippen molar-refractivity contribution < 1.29 is 9.59 Å². The summed E-state index contributed by atoms with van der Waals surface area (Å²) in [4.78, 5) is 23.8. The minimum absolute atomic E-state index is 0.0140. The van der Waals surface area contributed by atoms with Crippen molar-refractivity contribution in [2.45, 2.75) is 18.9 Å². The smallest absolute Gasteiger partial charge is 0.248 e. The van der Waals surface area contributed by atoms with Crippen LogP contribution in [0, 0.1) is 5.92 Å². The van der Waals surface area contributed by atoms with Gasteiger partial charge in [-0.3, -0.25) is 9.59 Å². The first-order chi connectivity index (χ1) is 12.6. The van der Waals surface area contributed by atoms with Crippen molar-refractivity contribution in [2.24, 2.45) is 11.7 Å². The third-order valence-corrected chi connectivity index (χ3v) is 5.03. The third-order valence-electron chi connectivity index (χ3n) is 5.03. The van der Waals surface area contributed by atoms with Gasteiger partial charge in [-0.1, -0.05) is 54.6 Å². The van der Waals surface area contributed by atoms with Crippen molar-refractivity contribution in [3.8, 4) is 0 Å². The second-order valence-electron chi connectivity index (χ2n) is 6.80. The van der Waals surface area contributed by atoms with Gasteiger partial charge in [0.1, 0.15) is 0 Å². The van der Waals surface area contributed by atoms with E-state index < -0.39 is 5.91 Å². The predicted octanol–water partition coefficient (Wildman–Crippen LogP) is 3.36. The summed E-state index contributed by atoms with van der Waals surface area (Å²) < 4.78 is 0. The number of fused-ring (bicyclic) bond motifs is 1. The first-order valence-corrected chi connectivity index (χ1v) is 8.77. The summed E-state index contributed by atoms with van der Waals surface area (Å²) >= 11 is 0. The highest BCUT2D eigenvalue weighted by molar-refractivity contribution is 5.93. The fourth-order valence-electron chi connectivity index (χ4n) is 3.56. The van der Waals surface area contributed by atoms with Gasteiger partial charge in [-0.25, -0.2) is 0 Å². The fraction of sp³-hybridized carbons (Fsp3) is 0.182. The van der Waals surface area contributed by atoms with Gasteiger partial charge in [0.2, 0.25) is 11.8 Å². The Bertz CT molecular complexity index is 991. The number of carbonyl (C=O) groups excluding carboxylic acids is 2. The van der Waals surface area contributed by atoms with E-state index in [-0.39, 0.29) is 17.7 Å². The summed E-state index contributed by atoms with van der Waals surface area (Å²) in [5.74, 6) is -0.109. The topological polar surface area (TPSA) is 72.2 Å². The highest BCUT2D eigenvalue weighted by Gasteiger charge is 2.44. The first-order valence-electron chi connectivity index (χ1n) is 8.77. The van der Waals surface area contributed by atoms with Gasteiger partial charge in [-0.2, -0.15) is 0 Å². The third kappa shape index (κ3) is 3.18. The second kappa shape index (κ2) is 6.64. The molecule has 1 fully saturated rings. The van der Waals surface area contributed by atoms with Gasteiger partial charge in [0.15, 0.2) is 0 Å². The number of hydrogen-bond acceptors (Lipinski definition) is 2. The Labute approximate surface area is 152 Å². The van der Waals surface area contributed by atoms with Crippen LogP contribution in [-0.4, -0.2) is 11.8 Å². The van der Waals surface area contributed by atoms with Gasteiger partial charge in [-0.15, -0.1) is 0 Å². The molecule has 0 radical (unpaired) electrons. The van der Waals surface area contributed by atoms with Gasteiger partial charge in [0.05, 0.1) is 0 Å². The Balaban J connectivity index is 1.43. The first kappa shape index (κ1) is 16.3. The summed E-state index contributed by atoms with van der Waals surface area (Å²) in [5.41, 5.74) is 7.88. The van der Waals surface area contributed by atoms with Crippen LogP contribution in [0.5, 0.6) is 0 Å². The SMILES string of the molecule is NC(=O)c1cccc(CNC(=O)C2CC2c2cccc3ccccc23)c1. The summed E-state index contributed by atoms with van der Waals surface area (Å²) in [6.45, 7) is 0.401. The molecule has 3 aromatic rings. The van der Waals surface area contributed by atoms with E-state index >= 15 is 0 Å². The van der Waals surface area contributed by atoms with E-state index in [1.54, 1.807) is 18.2 Å². The maximum atomic E-state index is 12.5. The Morgan fingerprint density at radius 2 is 1.77 bits per heavy atom. The molecule has 0 bridgehead atoms. The molecular formula is C22H20N2O2. The highest BCUT2D eigenvalue weighted by Crippen LogP contribution is 2.49. The van der Waals surface area contributed by atoms with E-state index in [0.717, 1.165) is 12.0 Å². The van der Waals surface area contributed by atoms with Gasteiger partial charge < -0.3 is 11.1 Å². The lowest BCUT2D eigenvalue weighted by Gasteiger charge is -2.08. The lowest BCUT2D eigenvalue weighted by molar-refractivity contribution is -0.122. The summed E-state index contributed by atoms with van der Waals surface area (Å²) in [6.07, 6.45) is 0.876. The van der Waals surface area contributed by atoms with Gasteiger partial charge in [-0.05, 0) is 46.4 Å². The van der Waals surface area contributed by atoms with Crippen LogP contribution < -0.4 is 11.1 Å². The van der Waals surface area contributed by atoms with Crippen molar-refractivity contribution in [3.05, 3.63) is 83.4 Å². The molecule has 2 atom stereocenters. The maximum absolute atomic E-state index is 12.5. The van der Waals surface area contributed by atoms with Gasteiger partial charge >= 0.3 is 0 Å². The molecule has 0 spiro atoms. The second-order valence-corrected chi connectivity index (χ2v) is 6.80. The van der Waals surface area contributed by atoms with Crippen LogP contribution in [0.25, 0.3) is 10.8 Å². The largest absolute Gasteiger partial charge is 0.366 e. The number of rotatable bonds is 5. The van der Waals surface area contributed by atoms with E-state index in [2.05, 4.69) is 35.6 Å². The van der Waals surface area contributed by atoms with E-state index in [1.165, 1.54) is 16.3 Å². The normalized spacial score (nSPS) is 18.5. The summed E-state index contributed by atoms with van der Waals surface area (Å²) in [6, 6.07) is 21.6. The zero-order valence-electron chi connectivity index (χ0n) is 14.3. The average Bonchev–Trinajstić information content (AvgIpc) is 3.46. The maximum Gasteiger partial charge on any atom is 0.248 e. The molecule has 2 unspecified atom stereocenters. The number of carbonyl (C=O) groups is 2. The van der Waals surface area contributed by atoms with E-state index in [0.29, 0.717) is 12.1 Å². The zero-order valence-corrected chi connectivity index (χ0v) is 14.3. The number of benzene rings is 3. The quantitative estimate of drug-likeness (QED) is 0.745. The molecule has 26 heavy (non-hydrogen) atoms. The molecule has 4 nitrogen and oxygen atoms in total. The standard InChI is InChI=1S/C22H20N2O2/c23-21(25)16-8-3-5-14(11-16)13-24-22(26)20-12-19(20)18-10-4-7-15-6-1-2-9-17(15)18/h1-11,19-20H,12-13H2,(H2,23,25)(H,24,26). The van der Waals surface area contributed by atoms with Gasteiger partial charge in [0.25, 0.3) is 0 Å². The molecule has 3 N–H and O–H groups in total. The molecular weight excluding hydrogens is 324 g/mol. The number of nitrogens with one attached hydrogen (secondary N) is 1. The molecule has 2 amide bonds. The van der Waals surface area contributed by atoms with Crippen LogP contribution >= 0.6 is 0 Å². The van der Waals surface area contributed by atoms with Crippen LogP contribution in [0.1, 0.15) is 33.8 Å². The highest BCUT2D eigenvalue weighted by atomic mass is 16.2. The Hall–Kier alpha value is -3.14. The fourth-order valence-corrected chi connectivity index (χ4v) is 3.56. The molecule has 4 heteroatoms. The molecule has 0 aliphatic heterocycles. The van der Waals surface area contributed by atoms with E-state index in [9.17, 15) is 9.59 Å². The molecule has 0 aromatic heterocycles. The van der Waals surface area contributed by atoms with Crippen molar-refractivity contribution in [2.75, 3.05) is 0 Å². The molecule has 4 rings (SSSR count). The molecule has 1 saturated carbocycles. The number of nitrogens with two attached hydrogens (primary N) is 1. The van der Waals surface area contributed by atoms with E-state index in [4.69, 9.17) is 5.73 Å². The Morgan fingerprint density at radius 3 is 2.62 bits per heavy atom. The number of hydrogen-bond donors (Lipinski definition) is 2. The zero-order chi connectivity index (χ0) is 18.1.